The summed E-state index contributed by atoms with van der Waals surface area (Å²) in [5.74, 6) is 1.04. The van der Waals surface area contributed by atoms with Crippen LogP contribution in [-0.2, 0) is 14.3 Å². The summed E-state index contributed by atoms with van der Waals surface area (Å²) in [5.41, 5.74) is 2.82. The number of carbonyl (C=O) groups is 1. The fourth-order valence-electron chi connectivity index (χ4n) is 4.16. The van der Waals surface area contributed by atoms with E-state index in [0.29, 0.717) is 48.4 Å². The third kappa shape index (κ3) is 9.14. The molecule has 3 aromatic rings. The van der Waals surface area contributed by atoms with Crippen LogP contribution in [0.5, 0.6) is 5.75 Å². The van der Waals surface area contributed by atoms with Gasteiger partial charge in [-0.15, -0.1) is 0 Å². The molecule has 0 aliphatic heterocycles. The molecule has 1 aliphatic rings. The van der Waals surface area contributed by atoms with Gasteiger partial charge in [0.2, 0.25) is 0 Å². The molecule has 1 aromatic heterocycles. The van der Waals surface area contributed by atoms with Gasteiger partial charge in [-0.2, -0.15) is 0 Å². The first-order valence-corrected chi connectivity index (χ1v) is 15.7. The number of benzene rings is 2. The van der Waals surface area contributed by atoms with E-state index in [1.165, 1.54) is 18.4 Å². The Morgan fingerprint density at radius 3 is 2.56 bits per heavy atom. The zero-order valence-electron chi connectivity index (χ0n) is 23.1. The summed E-state index contributed by atoms with van der Waals surface area (Å²) in [5, 5.41) is 4.03. The fourth-order valence-corrected chi connectivity index (χ4v) is 6.79. The Morgan fingerprint density at radius 2 is 1.87 bits per heavy atom. The van der Waals surface area contributed by atoms with Crippen molar-refractivity contribution in [2.45, 2.75) is 24.5 Å². The van der Waals surface area contributed by atoms with Gasteiger partial charge in [0.05, 0.1) is 0 Å². The molecule has 0 spiro atoms. The molecule has 8 nitrogen and oxygen atoms in total. The average Bonchev–Trinajstić information content (AvgIpc) is 3.78. The number of nitrogens with zero attached hydrogens (tertiary/aromatic N) is 3. The summed E-state index contributed by atoms with van der Waals surface area (Å²) in [6, 6.07) is 14.5. The number of anilines is 1. The number of rotatable bonds is 16. The van der Waals surface area contributed by atoms with E-state index in [1.807, 2.05) is 24.3 Å². The van der Waals surface area contributed by atoms with Crippen molar-refractivity contribution in [3.8, 4) is 5.75 Å². The topological polar surface area (TPSA) is 85.8 Å². The van der Waals surface area contributed by atoms with Crippen molar-refractivity contribution in [1.29, 1.82) is 0 Å². The molecule has 208 valence electrons. The van der Waals surface area contributed by atoms with E-state index < -0.39 is 15.8 Å². The Hall–Kier alpha value is -2.77. The molecule has 1 fully saturated rings. The molecule has 2 aromatic carbocycles. The van der Waals surface area contributed by atoms with Gasteiger partial charge in [0.1, 0.15) is 0 Å². The van der Waals surface area contributed by atoms with Crippen molar-refractivity contribution in [2.24, 2.45) is 5.92 Å². The van der Waals surface area contributed by atoms with E-state index >= 15 is 0 Å². The third-order valence-corrected chi connectivity index (χ3v) is 9.69. The Morgan fingerprint density at radius 1 is 1.13 bits per heavy atom. The van der Waals surface area contributed by atoms with Crippen LogP contribution in [0.15, 0.2) is 60.9 Å². The number of ether oxygens (including phenoxy) is 3. The molecular weight excluding hydrogens is 555 g/mol. The fraction of sp³-hybridized carbons (Fsp3) is 0.433. The second-order valence-electron chi connectivity index (χ2n) is 9.80. The standard InChI is InChI=1S/C30H39AsN4O4/c1-22(24-8-5-4-6-9-24)31-30-25-18-27(28(39-20-23-11-12-23)19-26(25)32-21-33-30)34-29(36)10-7-13-35(14-16-37-2)15-17-38-3/h4-10,18-19,21-23,31H,11-17,20H2,1-3H3,(H,34,36)/t22-/m1/s1. The Bertz CT molecular complexity index is 1230. The van der Waals surface area contributed by atoms with Crippen LogP contribution in [0.1, 0.15) is 30.0 Å². The van der Waals surface area contributed by atoms with E-state index in [2.05, 4.69) is 51.4 Å². The van der Waals surface area contributed by atoms with Gasteiger partial charge in [-0.05, 0) is 0 Å². The van der Waals surface area contributed by atoms with Crippen LogP contribution in [0, 0.1) is 5.92 Å². The van der Waals surface area contributed by atoms with Crippen molar-refractivity contribution in [1.82, 2.24) is 14.9 Å². The van der Waals surface area contributed by atoms with Gasteiger partial charge in [-0.25, -0.2) is 0 Å². The molecule has 1 N–H and O–H groups in total. The molecule has 0 saturated heterocycles. The number of carbonyl (C=O) groups excluding carboxylic acids is 1. The van der Waals surface area contributed by atoms with Crippen molar-refractivity contribution in [3.63, 3.8) is 0 Å². The van der Waals surface area contributed by atoms with Gasteiger partial charge in [0, 0.05) is 14.2 Å². The van der Waals surface area contributed by atoms with Gasteiger partial charge < -0.3 is 9.47 Å². The second kappa shape index (κ2) is 15.1. The van der Waals surface area contributed by atoms with E-state index in [0.717, 1.165) is 28.5 Å². The Balaban J connectivity index is 1.52. The predicted molar refractivity (Wildman–Crippen MR) is 157 cm³/mol. The van der Waals surface area contributed by atoms with Crippen molar-refractivity contribution >= 4 is 42.7 Å². The summed E-state index contributed by atoms with van der Waals surface area (Å²) in [6.45, 7) is 6.31. The minimum atomic E-state index is -0.607. The number of amides is 1. The zero-order chi connectivity index (χ0) is 27.5. The van der Waals surface area contributed by atoms with Crippen LogP contribution >= 0.6 is 0 Å². The summed E-state index contributed by atoms with van der Waals surface area (Å²) < 4.78 is 18.1. The minimum absolute atomic E-state index is 0.198. The minimum Gasteiger partial charge on any atom is -0.383 e. The molecule has 39 heavy (non-hydrogen) atoms. The van der Waals surface area contributed by atoms with Crippen molar-refractivity contribution in [2.75, 3.05) is 59.0 Å². The number of hydrogen-bond donors (Lipinski definition) is 1. The smallest absolute Gasteiger partial charge is 0.383 e. The number of methoxy groups -OCH3 is 2. The second-order valence-corrected chi connectivity index (χ2v) is 13.2. The van der Waals surface area contributed by atoms with Crippen molar-refractivity contribution < 1.29 is 19.0 Å². The number of fused-ring (bicyclic) bond motifs is 1. The first kappa shape index (κ1) is 29.2. The molecule has 1 saturated carbocycles. The normalized spacial score (nSPS) is 14.6. The number of aromatic nitrogens is 2. The quantitative estimate of drug-likeness (QED) is 0.201. The van der Waals surface area contributed by atoms with Crippen LogP contribution in [0.3, 0.4) is 0 Å². The monoisotopic (exact) mass is 594 g/mol. The van der Waals surface area contributed by atoms with Crippen LogP contribution in [0.2, 0.25) is 0 Å². The first-order chi connectivity index (χ1) is 19.1. The molecule has 2 atom stereocenters. The van der Waals surface area contributed by atoms with Crippen LogP contribution in [-0.4, -0.2) is 90.2 Å². The zero-order valence-corrected chi connectivity index (χ0v) is 25.2. The molecule has 9 heteroatoms. The predicted octanol–water partition coefficient (Wildman–Crippen LogP) is 3.33. The SMILES string of the molecule is COCCN(CC=CC(=O)Nc1cc2c([AsH][C@H](C)c3ccccc3)ncnc2cc1OCC1CC1)CCOC. The molecule has 1 amide bonds. The molecule has 1 aliphatic carbocycles. The average molecular weight is 595 g/mol. The summed E-state index contributed by atoms with van der Waals surface area (Å²) in [7, 11) is 3.37. The van der Waals surface area contributed by atoms with E-state index in [4.69, 9.17) is 14.2 Å². The molecule has 1 heterocycles. The molecule has 0 bridgehead atoms. The number of hydrogen-bond acceptors (Lipinski definition) is 7. The van der Waals surface area contributed by atoms with Crippen LogP contribution < -0.4 is 14.5 Å². The maximum atomic E-state index is 13.0. The van der Waals surface area contributed by atoms with E-state index in [-0.39, 0.29) is 5.91 Å². The summed E-state index contributed by atoms with van der Waals surface area (Å²) in [4.78, 5) is 24.4. The Labute approximate surface area is 237 Å². The van der Waals surface area contributed by atoms with Crippen molar-refractivity contribution in [3.05, 3.63) is 66.5 Å². The van der Waals surface area contributed by atoms with Gasteiger partial charge in [-0.1, -0.05) is 0 Å². The third-order valence-electron chi connectivity index (χ3n) is 6.67. The molecule has 4 rings (SSSR count). The van der Waals surface area contributed by atoms with Gasteiger partial charge in [0.25, 0.3) is 0 Å². The van der Waals surface area contributed by atoms with Crippen LogP contribution in [0.4, 0.5) is 5.69 Å². The van der Waals surface area contributed by atoms with Gasteiger partial charge in [0.15, 0.2) is 0 Å². The van der Waals surface area contributed by atoms with Crippen LogP contribution in [0.25, 0.3) is 10.9 Å². The van der Waals surface area contributed by atoms with E-state index in [1.54, 1.807) is 26.6 Å². The van der Waals surface area contributed by atoms with Gasteiger partial charge in [-0.3, -0.25) is 0 Å². The first-order valence-electron chi connectivity index (χ1n) is 13.5. The Kier molecular flexibility index (Phi) is 11.3. The van der Waals surface area contributed by atoms with E-state index in [9.17, 15) is 4.79 Å². The summed E-state index contributed by atoms with van der Waals surface area (Å²) >= 11 is -0.607. The molecule has 0 radical (unpaired) electrons. The molecular formula is C30H39AsN4O4. The maximum absolute atomic E-state index is 13.0. The number of nitrogens with one attached hydrogen (secondary N) is 1. The van der Waals surface area contributed by atoms with Gasteiger partial charge >= 0.3 is 215 Å². The summed E-state index contributed by atoms with van der Waals surface area (Å²) in [6.07, 6.45) is 7.47. The molecule has 1 unspecified atom stereocenters.